The van der Waals surface area contributed by atoms with Crippen molar-refractivity contribution in [2.45, 2.75) is 46.2 Å². The van der Waals surface area contributed by atoms with E-state index < -0.39 is 5.97 Å². The molecule has 2 N–H and O–H groups in total. The first-order valence-corrected chi connectivity index (χ1v) is 7.96. The van der Waals surface area contributed by atoms with Crippen LogP contribution in [-0.4, -0.2) is 39.6 Å². The Morgan fingerprint density at radius 1 is 1.52 bits per heavy atom. The van der Waals surface area contributed by atoms with Gasteiger partial charge >= 0.3 is 12.0 Å². The van der Waals surface area contributed by atoms with E-state index in [0.717, 1.165) is 30.7 Å². The Morgan fingerprint density at radius 3 is 2.81 bits per heavy atom. The molecule has 21 heavy (non-hydrogen) atoms. The second kappa shape index (κ2) is 6.43. The largest absolute Gasteiger partial charge is 0.477 e. The molecule has 6 nitrogen and oxygen atoms in total. The molecule has 0 bridgehead atoms. The summed E-state index contributed by atoms with van der Waals surface area (Å²) in [6, 6.07) is 0.202. The van der Waals surface area contributed by atoms with Gasteiger partial charge in [-0.2, -0.15) is 0 Å². The third kappa shape index (κ3) is 3.53. The Labute approximate surface area is 128 Å². The van der Waals surface area contributed by atoms with Crippen molar-refractivity contribution in [2.75, 3.05) is 6.54 Å². The van der Waals surface area contributed by atoms with Crippen LogP contribution >= 0.6 is 11.3 Å². The van der Waals surface area contributed by atoms with Gasteiger partial charge in [0.1, 0.15) is 9.88 Å². The van der Waals surface area contributed by atoms with Crippen LogP contribution in [0.4, 0.5) is 4.79 Å². The second-order valence-corrected chi connectivity index (χ2v) is 6.72. The molecule has 1 atom stereocenters. The average molecular weight is 311 g/mol. The molecule has 0 aliphatic carbocycles. The highest BCUT2D eigenvalue weighted by Crippen LogP contribution is 2.24. The molecule has 116 valence electrons. The van der Waals surface area contributed by atoms with E-state index in [9.17, 15) is 9.59 Å². The first-order chi connectivity index (χ1) is 9.90. The highest BCUT2D eigenvalue weighted by molar-refractivity contribution is 7.13. The van der Waals surface area contributed by atoms with Crippen LogP contribution in [0, 0.1) is 12.8 Å². The summed E-state index contributed by atoms with van der Waals surface area (Å²) in [6.45, 7) is 6.98. The molecule has 0 spiro atoms. The van der Waals surface area contributed by atoms with E-state index >= 15 is 0 Å². The number of carbonyl (C=O) groups excluding carboxylic acids is 1. The molecule has 0 aromatic carbocycles. The zero-order chi connectivity index (χ0) is 15.6. The number of carboxylic acid groups (broad SMARTS) is 1. The molecule has 1 saturated heterocycles. The molecule has 1 aromatic rings. The topological polar surface area (TPSA) is 82.5 Å². The van der Waals surface area contributed by atoms with Gasteiger partial charge in [-0.3, -0.25) is 0 Å². The molecule has 1 unspecified atom stereocenters. The monoisotopic (exact) mass is 311 g/mol. The third-order valence-electron chi connectivity index (χ3n) is 3.76. The number of hydrogen-bond donors (Lipinski definition) is 2. The fourth-order valence-electron chi connectivity index (χ4n) is 2.72. The summed E-state index contributed by atoms with van der Waals surface area (Å²) in [5, 5.41) is 12.5. The molecule has 0 radical (unpaired) electrons. The van der Waals surface area contributed by atoms with E-state index in [1.807, 2.05) is 4.90 Å². The smallest absolute Gasteiger partial charge is 0.347 e. The van der Waals surface area contributed by atoms with E-state index in [1.54, 1.807) is 6.92 Å². The van der Waals surface area contributed by atoms with Gasteiger partial charge in [0.15, 0.2) is 0 Å². The van der Waals surface area contributed by atoms with Gasteiger partial charge in [-0.25, -0.2) is 14.6 Å². The van der Waals surface area contributed by atoms with E-state index in [0.29, 0.717) is 16.6 Å². The summed E-state index contributed by atoms with van der Waals surface area (Å²) in [5.74, 6) is -0.527. The van der Waals surface area contributed by atoms with Crippen LogP contribution in [0.1, 0.15) is 47.1 Å². The Kier molecular flexibility index (Phi) is 4.82. The van der Waals surface area contributed by atoms with Crippen LogP contribution < -0.4 is 5.32 Å². The maximum atomic E-state index is 12.2. The number of aromatic carboxylic acids is 1. The van der Waals surface area contributed by atoms with Crippen molar-refractivity contribution in [3.63, 3.8) is 0 Å². The summed E-state index contributed by atoms with van der Waals surface area (Å²) >= 11 is 1.12. The zero-order valence-corrected chi connectivity index (χ0v) is 13.4. The number of carbonyl (C=O) groups is 2. The summed E-state index contributed by atoms with van der Waals surface area (Å²) < 4.78 is 0. The Hall–Kier alpha value is -1.63. The fourth-order valence-corrected chi connectivity index (χ4v) is 3.56. The molecule has 2 amide bonds. The normalized spacial score (nSPS) is 18.3. The molecule has 1 fully saturated rings. The predicted molar refractivity (Wildman–Crippen MR) is 80.6 cm³/mol. The van der Waals surface area contributed by atoms with Gasteiger partial charge in [0.25, 0.3) is 0 Å². The number of amides is 2. The number of aromatic nitrogens is 1. The predicted octanol–water partition coefficient (Wildman–Crippen LogP) is 2.48. The summed E-state index contributed by atoms with van der Waals surface area (Å²) in [5.41, 5.74) is 0.498. The fraction of sp³-hybridized carbons (Fsp3) is 0.643. The maximum absolute atomic E-state index is 12.2. The highest BCUT2D eigenvalue weighted by atomic mass is 32.1. The maximum Gasteiger partial charge on any atom is 0.347 e. The SMILES string of the molecule is Cc1nc(CNC(=O)N2CCCC2C(C)C)sc1C(=O)O. The number of urea groups is 1. The van der Waals surface area contributed by atoms with E-state index in [-0.39, 0.29) is 23.5 Å². The van der Waals surface area contributed by atoms with E-state index in [1.165, 1.54) is 0 Å². The number of nitrogens with zero attached hydrogens (tertiary/aromatic N) is 2. The molecule has 2 rings (SSSR count). The number of likely N-dealkylation sites (tertiary alicyclic amines) is 1. The molecule has 1 aliphatic heterocycles. The lowest BCUT2D eigenvalue weighted by molar-refractivity contribution is 0.0701. The molecular weight excluding hydrogens is 290 g/mol. The van der Waals surface area contributed by atoms with Gasteiger partial charge in [0.05, 0.1) is 12.2 Å². The molecule has 1 aromatic heterocycles. The lowest BCUT2D eigenvalue weighted by Crippen LogP contribution is -2.44. The minimum atomic E-state index is -0.970. The Morgan fingerprint density at radius 2 is 2.24 bits per heavy atom. The molecule has 1 aliphatic rings. The van der Waals surface area contributed by atoms with Crippen molar-refractivity contribution in [1.29, 1.82) is 0 Å². The first-order valence-electron chi connectivity index (χ1n) is 7.14. The summed E-state index contributed by atoms with van der Waals surface area (Å²) in [6.07, 6.45) is 2.08. The quantitative estimate of drug-likeness (QED) is 0.895. The number of hydrogen-bond acceptors (Lipinski definition) is 4. The minimum absolute atomic E-state index is 0.0871. The number of rotatable bonds is 4. The Balaban J connectivity index is 1.95. The number of thiazole rings is 1. The van der Waals surface area contributed by atoms with Gasteiger partial charge in [-0.05, 0) is 25.7 Å². The molecule has 0 saturated carbocycles. The van der Waals surface area contributed by atoms with E-state index in [2.05, 4.69) is 24.1 Å². The molecule has 2 heterocycles. The lowest BCUT2D eigenvalue weighted by atomic mass is 10.0. The Bertz CT molecular complexity index is 542. The molecular formula is C14H21N3O3S. The van der Waals surface area contributed by atoms with Crippen LogP contribution in [0.25, 0.3) is 0 Å². The third-order valence-corrected chi connectivity index (χ3v) is 4.90. The number of carboxylic acids is 1. The van der Waals surface area contributed by atoms with Crippen LogP contribution in [-0.2, 0) is 6.54 Å². The van der Waals surface area contributed by atoms with Gasteiger partial charge in [0, 0.05) is 12.6 Å². The molecule has 7 heteroatoms. The number of nitrogens with one attached hydrogen (secondary N) is 1. The van der Waals surface area contributed by atoms with Crippen LogP contribution in [0.3, 0.4) is 0 Å². The van der Waals surface area contributed by atoms with Crippen LogP contribution in [0.15, 0.2) is 0 Å². The zero-order valence-electron chi connectivity index (χ0n) is 12.5. The van der Waals surface area contributed by atoms with Crippen molar-refractivity contribution in [3.05, 3.63) is 15.6 Å². The standard InChI is InChI=1S/C14H21N3O3S/c1-8(2)10-5-4-6-17(10)14(20)15-7-11-16-9(3)12(21-11)13(18)19/h8,10H,4-7H2,1-3H3,(H,15,20)(H,18,19). The number of aryl methyl sites for hydroxylation is 1. The second-order valence-electron chi connectivity index (χ2n) is 5.63. The highest BCUT2D eigenvalue weighted by Gasteiger charge is 2.30. The van der Waals surface area contributed by atoms with Crippen molar-refractivity contribution < 1.29 is 14.7 Å². The average Bonchev–Trinajstić information content (AvgIpc) is 3.02. The van der Waals surface area contributed by atoms with Gasteiger partial charge < -0.3 is 15.3 Å². The summed E-state index contributed by atoms with van der Waals surface area (Å²) in [4.78, 5) is 29.5. The first kappa shape index (κ1) is 15.8. The van der Waals surface area contributed by atoms with Gasteiger partial charge in [0.2, 0.25) is 0 Å². The van der Waals surface area contributed by atoms with E-state index in [4.69, 9.17) is 5.11 Å². The minimum Gasteiger partial charge on any atom is -0.477 e. The van der Waals surface area contributed by atoms with Crippen LogP contribution in [0.2, 0.25) is 0 Å². The summed E-state index contributed by atoms with van der Waals surface area (Å²) in [7, 11) is 0. The van der Waals surface area contributed by atoms with Gasteiger partial charge in [-0.15, -0.1) is 11.3 Å². The lowest BCUT2D eigenvalue weighted by Gasteiger charge is -2.27. The van der Waals surface area contributed by atoms with Crippen molar-refractivity contribution in [3.8, 4) is 0 Å². The van der Waals surface area contributed by atoms with Crippen LogP contribution in [0.5, 0.6) is 0 Å². The van der Waals surface area contributed by atoms with Crippen molar-refractivity contribution >= 4 is 23.3 Å². The van der Waals surface area contributed by atoms with Crippen molar-refractivity contribution in [1.82, 2.24) is 15.2 Å². The van der Waals surface area contributed by atoms with Gasteiger partial charge in [-0.1, -0.05) is 13.8 Å². The van der Waals surface area contributed by atoms with Crippen molar-refractivity contribution in [2.24, 2.45) is 5.92 Å².